The summed E-state index contributed by atoms with van der Waals surface area (Å²) in [4.78, 5) is 0. The minimum atomic E-state index is -3.66. The van der Waals surface area contributed by atoms with Crippen LogP contribution in [0.4, 0.5) is 0 Å². The number of hydrogen-bond acceptors (Lipinski definition) is 5. The molecule has 0 unspecified atom stereocenters. The molecule has 0 aliphatic heterocycles. The second-order valence-electron chi connectivity index (χ2n) is 5.16. The zero-order chi connectivity index (χ0) is 17.0. The van der Waals surface area contributed by atoms with Crippen molar-refractivity contribution >= 4 is 19.7 Å². The van der Waals surface area contributed by atoms with E-state index in [9.17, 15) is 8.42 Å². The third kappa shape index (κ3) is 4.59. The lowest BCUT2D eigenvalue weighted by molar-refractivity contribution is 0.306. The lowest BCUT2D eigenvalue weighted by atomic mass is 10.1. The number of ether oxygens (including phenoxy) is 1. The number of aromatic nitrogens is 1. The van der Waals surface area contributed by atoms with Gasteiger partial charge in [-0.15, -0.1) is 0 Å². The lowest BCUT2D eigenvalue weighted by Gasteiger charge is -2.06. The third-order valence-electron chi connectivity index (χ3n) is 3.27. The van der Waals surface area contributed by atoms with Crippen molar-refractivity contribution in [3.8, 4) is 17.1 Å². The molecule has 0 aliphatic rings. The van der Waals surface area contributed by atoms with Crippen LogP contribution in [-0.4, -0.2) is 13.6 Å². The van der Waals surface area contributed by atoms with Crippen LogP contribution in [0.5, 0.6) is 5.75 Å². The molecule has 0 aliphatic carbocycles. The number of halogens is 1. The highest BCUT2D eigenvalue weighted by atomic mass is 35.7. The van der Waals surface area contributed by atoms with Crippen molar-refractivity contribution in [3.05, 3.63) is 71.9 Å². The van der Waals surface area contributed by atoms with Crippen molar-refractivity contribution in [2.24, 2.45) is 0 Å². The molecule has 5 nitrogen and oxygen atoms in total. The SMILES string of the molecule is O=S(=O)(Cl)Cc1cc(-c2ccc(OCc3ccccc3)cc2)on1. The van der Waals surface area contributed by atoms with E-state index in [0.717, 1.165) is 16.9 Å². The van der Waals surface area contributed by atoms with Gasteiger partial charge < -0.3 is 9.26 Å². The zero-order valence-electron chi connectivity index (χ0n) is 12.6. The molecule has 1 aromatic heterocycles. The van der Waals surface area contributed by atoms with Gasteiger partial charge in [-0.2, -0.15) is 0 Å². The van der Waals surface area contributed by atoms with E-state index in [4.69, 9.17) is 19.9 Å². The molecular formula is C17H14ClNO4S. The Bertz CT molecular complexity index is 905. The van der Waals surface area contributed by atoms with Crippen molar-refractivity contribution < 1.29 is 17.7 Å². The molecule has 0 saturated heterocycles. The summed E-state index contributed by atoms with van der Waals surface area (Å²) in [7, 11) is 1.55. The topological polar surface area (TPSA) is 69.4 Å². The van der Waals surface area contributed by atoms with Gasteiger partial charge in [-0.05, 0) is 29.8 Å². The van der Waals surface area contributed by atoms with E-state index >= 15 is 0 Å². The highest BCUT2D eigenvalue weighted by Crippen LogP contribution is 2.24. The van der Waals surface area contributed by atoms with Crippen molar-refractivity contribution in [2.75, 3.05) is 0 Å². The second kappa shape index (κ2) is 7.07. The minimum absolute atomic E-state index is 0.268. The molecule has 124 valence electrons. The maximum absolute atomic E-state index is 11.0. The predicted molar refractivity (Wildman–Crippen MR) is 91.2 cm³/mol. The van der Waals surface area contributed by atoms with Gasteiger partial charge in [-0.25, -0.2) is 8.42 Å². The van der Waals surface area contributed by atoms with Crippen LogP contribution < -0.4 is 4.74 Å². The summed E-state index contributed by atoms with van der Waals surface area (Å²) < 4.78 is 33.0. The molecule has 1 heterocycles. The van der Waals surface area contributed by atoms with Crippen LogP contribution in [0.2, 0.25) is 0 Å². The van der Waals surface area contributed by atoms with Gasteiger partial charge in [-0.3, -0.25) is 0 Å². The molecular weight excluding hydrogens is 350 g/mol. The Kier molecular flexibility index (Phi) is 4.87. The van der Waals surface area contributed by atoms with Gasteiger partial charge in [-0.1, -0.05) is 35.5 Å². The molecule has 0 N–H and O–H groups in total. The van der Waals surface area contributed by atoms with Gasteiger partial charge in [0.25, 0.3) is 0 Å². The van der Waals surface area contributed by atoms with Crippen molar-refractivity contribution in [1.82, 2.24) is 5.16 Å². The highest BCUT2D eigenvalue weighted by Gasteiger charge is 2.13. The van der Waals surface area contributed by atoms with Gasteiger partial charge >= 0.3 is 0 Å². The molecule has 0 radical (unpaired) electrons. The molecule has 7 heteroatoms. The fourth-order valence-corrected chi connectivity index (χ4v) is 2.97. The summed E-state index contributed by atoms with van der Waals surface area (Å²) in [6.07, 6.45) is 0. The fraction of sp³-hybridized carbons (Fsp3) is 0.118. The van der Waals surface area contributed by atoms with E-state index < -0.39 is 9.05 Å². The first-order chi connectivity index (χ1) is 11.5. The Morgan fingerprint density at radius 3 is 2.42 bits per heavy atom. The normalized spacial score (nSPS) is 11.4. The summed E-state index contributed by atoms with van der Waals surface area (Å²) in [6, 6.07) is 18.7. The average Bonchev–Trinajstić information content (AvgIpc) is 3.01. The standard InChI is InChI=1S/C17H14ClNO4S/c18-24(20,21)12-15-10-17(23-19-15)14-6-8-16(9-7-14)22-11-13-4-2-1-3-5-13/h1-10H,11-12H2. The van der Waals surface area contributed by atoms with Gasteiger partial charge in [0, 0.05) is 22.3 Å². The van der Waals surface area contributed by atoms with Gasteiger partial charge in [0.2, 0.25) is 9.05 Å². The van der Waals surface area contributed by atoms with Crippen LogP contribution in [0.3, 0.4) is 0 Å². The van der Waals surface area contributed by atoms with E-state index in [0.29, 0.717) is 12.4 Å². The largest absolute Gasteiger partial charge is 0.489 e. The third-order valence-corrected chi connectivity index (χ3v) is 4.23. The summed E-state index contributed by atoms with van der Waals surface area (Å²) in [5.41, 5.74) is 2.13. The fourth-order valence-electron chi connectivity index (χ4n) is 2.15. The van der Waals surface area contributed by atoms with Crippen LogP contribution in [0.25, 0.3) is 11.3 Å². The Morgan fingerprint density at radius 1 is 1.04 bits per heavy atom. The summed E-state index contributed by atoms with van der Waals surface area (Å²) in [5.74, 6) is 0.835. The smallest absolute Gasteiger partial charge is 0.238 e. The monoisotopic (exact) mass is 363 g/mol. The Hall–Kier alpha value is -2.31. The molecule has 0 spiro atoms. The summed E-state index contributed by atoms with van der Waals surface area (Å²) in [5, 5.41) is 3.71. The number of benzene rings is 2. The average molecular weight is 364 g/mol. The predicted octanol–water partition coefficient (Wildman–Crippen LogP) is 3.99. The van der Waals surface area contributed by atoms with Crippen LogP contribution in [0.15, 0.2) is 65.2 Å². The summed E-state index contributed by atoms with van der Waals surface area (Å²) in [6.45, 7) is 0.486. The van der Waals surface area contributed by atoms with Gasteiger partial charge in [0.1, 0.15) is 23.8 Å². The van der Waals surface area contributed by atoms with E-state index in [2.05, 4.69) is 5.16 Å². The highest BCUT2D eigenvalue weighted by molar-refractivity contribution is 8.13. The molecule has 0 saturated carbocycles. The molecule has 24 heavy (non-hydrogen) atoms. The van der Waals surface area contributed by atoms with Crippen molar-refractivity contribution in [2.45, 2.75) is 12.4 Å². The first kappa shape index (κ1) is 16.5. The molecule has 2 aromatic carbocycles. The Labute approximate surface area is 144 Å². The van der Waals surface area contributed by atoms with E-state index in [1.807, 2.05) is 54.6 Å². The Morgan fingerprint density at radius 2 is 1.75 bits per heavy atom. The lowest BCUT2D eigenvalue weighted by Crippen LogP contribution is -1.94. The quantitative estimate of drug-likeness (QED) is 0.619. The minimum Gasteiger partial charge on any atom is -0.489 e. The maximum atomic E-state index is 11.0. The van der Waals surface area contributed by atoms with Crippen LogP contribution >= 0.6 is 10.7 Å². The molecule has 3 rings (SSSR count). The van der Waals surface area contributed by atoms with Crippen molar-refractivity contribution in [1.29, 1.82) is 0 Å². The number of rotatable bonds is 6. The summed E-state index contributed by atoms with van der Waals surface area (Å²) >= 11 is 0. The van der Waals surface area contributed by atoms with Crippen LogP contribution in [0.1, 0.15) is 11.3 Å². The second-order valence-corrected chi connectivity index (χ2v) is 7.94. The number of hydrogen-bond donors (Lipinski definition) is 0. The van der Waals surface area contributed by atoms with E-state index in [-0.39, 0.29) is 11.4 Å². The van der Waals surface area contributed by atoms with Gasteiger partial charge in [0.15, 0.2) is 5.76 Å². The van der Waals surface area contributed by atoms with Crippen LogP contribution in [0, 0.1) is 0 Å². The molecule has 0 atom stereocenters. The molecule has 0 bridgehead atoms. The maximum Gasteiger partial charge on any atom is 0.238 e. The first-order valence-corrected chi connectivity index (χ1v) is 9.62. The van der Waals surface area contributed by atoms with E-state index in [1.165, 1.54) is 0 Å². The first-order valence-electron chi connectivity index (χ1n) is 7.15. The zero-order valence-corrected chi connectivity index (χ0v) is 14.1. The van der Waals surface area contributed by atoms with E-state index in [1.54, 1.807) is 6.07 Å². The van der Waals surface area contributed by atoms with Gasteiger partial charge in [0.05, 0.1) is 0 Å². The van der Waals surface area contributed by atoms with Crippen molar-refractivity contribution in [3.63, 3.8) is 0 Å². The van der Waals surface area contributed by atoms with Crippen LogP contribution in [-0.2, 0) is 21.4 Å². The molecule has 3 aromatic rings. The molecule has 0 fully saturated rings. The Balaban J connectivity index is 1.66. The molecule has 0 amide bonds. The number of nitrogens with zero attached hydrogens (tertiary/aromatic N) is 1.